The molecule has 2 amide bonds. The van der Waals surface area contributed by atoms with E-state index in [1.54, 1.807) is 20.5 Å². The van der Waals surface area contributed by atoms with Gasteiger partial charge in [-0.3, -0.25) is 14.5 Å². The smallest absolute Gasteiger partial charge is 0.253 e. The maximum atomic E-state index is 10.4. The fraction of sp³-hybridized carbons (Fsp3) is 0.889. The van der Waals surface area contributed by atoms with Crippen molar-refractivity contribution in [2.75, 3.05) is 73.8 Å². The normalized spacial score (nSPS) is 29.9. The third-order valence-corrected chi connectivity index (χ3v) is 9.22. The Bertz CT molecular complexity index is 895. The van der Waals surface area contributed by atoms with Gasteiger partial charge in [-0.15, -0.1) is 0 Å². The van der Waals surface area contributed by atoms with Crippen LogP contribution in [0, 0.1) is 16.7 Å². The Balaban J connectivity index is 0.000000283. The Labute approximate surface area is 291 Å². The number of fused-ring (bicyclic) bond motifs is 1. The van der Waals surface area contributed by atoms with E-state index in [9.17, 15) is 9.59 Å². The summed E-state index contributed by atoms with van der Waals surface area (Å²) >= 11 is 3.53. The Morgan fingerprint density at radius 2 is 1.43 bits per heavy atom. The van der Waals surface area contributed by atoms with E-state index in [-0.39, 0.29) is 17.4 Å². The molecule has 1 aliphatic carbocycles. The Kier molecular flexibility index (Phi) is 20.5. The molecule has 6 heterocycles. The number of likely N-dealkylation sites (N-methyl/N-ethyl adjacent to an activating group) is 1. The van der Waals surface area contributed by atoms with Crippen molar-refractivity contribution < 1.29 is 42.7 Å². The topological polar surface area (TPSA) is 112 Å². The molecule has 0 bridgehead atoms. The van der Waals surface area contributed by atoms with E-state index >= 15 is 0 Å². The minimum Gasteiger partial charge on any atom is -0.384 e. The molecule has 7 rings (SSSR count). The lowest BCUT2D eigenvalue weighted by molar-refractivity contribution is -0.144. The van der Waals surface area contributed by atoms with Crippen LogP contribution in [0.3, 0.4) is 0 Å². The van der Waals surface area contributed by atoms with Gasteiger partial charge in [0.2, 0.25) is 0 Å². The van der Waals surface area contributed by atoms with E-state index in [4.69, 9.17) is 33.2 Å². The highest BCUT2D eigenvalue weighted by molar-refractivity contribution is 7.79. The van der Waals surface area contributed by atoms with Gasteiger partial charge in [-0.05, 0) is 72.0 Å². The van der Waals surface area contributed by atoms with Crippen LogP contribution in [0.4, 0.5) is 0 Å². The van der Waals surface area contributed by atoms with Gasteiger partial charge in [0.1, 0.15) is 0 Å². The Morgan fingerprint density at radius 1 is 0.915 bits per heavy atom. The van der Waals surface area contributed by atoms with Crippen molar-refractivity contribution in [3.05, 3.63) is 12.2 Å². The summed E-state index contributed by atoms with van der Waals surface area (Å²) in [5.74, 6) is 0.291. The first-order chi connectivity index (χ1) is 22.2. The van der Waals surface area contributed by atoms with Crippen molar-refractivity contribution in [1.29, 1.82) is 0 Å². The summed E-state index contributed by atoms with van der Waals surface area (Å²) in [5.41, 5.74) is 1.13. The van der Waals surface area contributed by atoms with Crippen LogP contribution in [-0.4, -0.2) is 121 Å². The van der Waals surface area contributed by atoms with Crippen LogP contribution >= 0.6 is 12.6 Å². The lowest BCUT2D eigenvalue weighted by Gasteiger charge is -2.39. The number of carbonyl (C=O) groups excluding carboxylic acids is 2. The lowest BCUT2D eigenvalue weighted by atomic mass is 9.84. The van der Waals surface area contributed by atoms with Gasteiger partial charge in [0.05, 0.1) is 69.7 Å². The van der Waals surface area contributed by atoms with Crippen LogP contribution in [0.15, 0.2) is 12.2 Å². The summed E-state index contributed by atoms with van der Waals surface area (Å²) in [6.45, 7) is 21.5. The van der Waals surface area contributed by atoms with E-state index in [2.05, 4.69) is 61.1 Å². The molecule has 10 nitrogen and oxygen atoms in total. The number of thiol groups is 1. The fourth-order valence-electron chi connectivity index (χ4n) is 5.15. The minimum absolute atomic E-state index is 0.208. The molecule has 6 aliphatic heterocycles. The molecule has 6 fully saturated rings. The zero-order valence-electron chi connectivity index (χ0n) is 31.3. The highest BCUT2D eigenvalue weighted by Gasteiger charge is 2.44. The summed E-state index contributed by atoms with van der Waals surface area (Å²) in [7, 11) is 4.97. The minimum atomic E-state index is -0.241. The fourth-order valence-corrected chi connectivity index (χ4v) is 5.15. The number of epoxide rings is 3. The van der Waals surface area contributed by atoms with E-state index in [1.165, 1.54) is 57.7 Å². The van der Waals surface area contributed by atoms with Gasteiger partial charge in [-0.2, -0.15) is 12.6 Å². The molecular weight excluding hydrogens is 622 g/mol. The van der Waals surface area contributed by atoms with Gasteiger partial charge in [-0.25, -0.2) is 0 Å². The van der Waals surface area contributed by atoms with Crippen molar-refractivity contribution in [3.63, 3.8) is 0 Å². The molecule has 0 N–H and O–H groups in total. The molecule has 5 saturated heterocycles. The molecule has 0 aromatic heterocycles. The molecule has 5 unspecified atom stereocenters. The molecular formula is C36H67NO9S. The van der Waals surface area contributed by atoms with Crippen LogP contribution in [0.2, 0.25) is 0 Å². The molecule has 0 spiro atoms. The first kappa shape index (κ1) is 44.0. The second-order valence-corrected chi connectivity index (χ2v) is 14.3. The lowest BCUT2D eigenvalue weighted by Crippen LogP contribution is -2.45. The van der Waals surface area contributed by atoms with Crippen molar-refractivity contribution in [2.45, 2.75) is 117 Å². The average molecular weight is 690 g/mol. The summed E-state index contributed by atoms with van der Waals surface area (Å²) in [6, 6.07) is 0. The second-order valence-electron chi connectivity index (χ2n) is 14.3. The predicted molar refractivity (Wildman–Crippen MR) is 189 cm³/mol. The van der Waals surface area contributed by atoms with Gasteiger partial charge < -0.3 is 33.2 Å². The highest BCUT2D eigenvalue weighted by Crippen LogP contribution is 2.39. The van der Waals surface area contributed by atoms with E-state index in [1.807, 2.05) is 0 Å². The first-order valence-corrected chi connectivity index (χ1v) is 18.2. The molecule has 1 saturated carbocycles. The highest BCUT2D eigenvalue weighted by atomic mass is 32.1. The van der Waals surface area contributed by atoms with Crippen LogP contribution in [0.5, 0.6) is 0 Å². The SMILES string of the molecule is CC1CO1.CC1OC1(C)C.CCC1(COC)COC1.CCCC1(C)COC1.CN1C(=O)C=CC1=O.COCC1CCC2OC2C1.CS. The van der Waals surface area contributed by atoms with Crippen molar-refractivity contribution >= 4 is 24.4 Å². The quantitative estimate of drug-likeness (QED) is 0.203. The molecule has 47 heavy (non-hydrogen) atoms. The molecule has 0 aromatic rings. The average Bonchev–Trinajstić information content (AvgIpc) is 3.97. The zero-order chi connectivity index (χ0) is 35.7. The van der Waals surface area contributed by atoms with Gasteiger partial charge in [-0.1, -0.05) is 27.2 Å². The van der Waals surface area contributed by atoms with Crippen molar-refractivity contribution in [2.24, 2.45) is 16.7 Å². The first-order valence-electron chi connectivity index (χ1n) is 17.3. The van der Waals surface area contributed by atoms with E-state index in [0.717, 1.165) is 57.1 Å². The number of carbonyl (C=O) groups is 2. The molecule has 276 valence electrons. The van der Waals surface area contributed by atoms with Crippen molar-refractivity contribution in [3.8, 4) is 0 Å². The standard InChI is InChI=1S/C8H14O2.C7H14O2.C7H14O.C5H5NO2.C5H10O.C3H6O.CH4S/c1-9-5-6-2-3-7-8(4-6)10-7;1-3-7(4-8-2)5-9-6-7;1-3-4-7(2)5-8-6-7;1-6-4(7)2-3-5(6)8;1-4-5(2,3)6-4;1-3-2-4-3;1-2/h6-8H,2-5H2,1H3;3-6H2,1-2H3;3-6H2,1-2H3;2-3H,1H3;4H,1-3H3;3H,2H2,1H3;2H,1H3. The van der Waals surface area contributed by atoms with Gasteiger partial charge >= 0.3 is 0 Å². The van der Waals surface area contributed by atoms with Gasteiger partial charge in [0.25, 0.3) is 11.8 Å². The summed E-state index contributed by atoms with van der Waals surface area (Å²) in [5, 5.41) is 0. The number of ether oxygens (including phenoxy) is 7. The van der Waals surface area contributed by atoms with Crippen molar-refractivity contribution in [1.82, 2.24) is 4.90 Å². The third kappa shape index (κ3) is 17.4. The zero-order valence-corrected chi connectivity index (χ0v) is 32.2. The second kappa shape index (κ2) is 21.9. The summed E-state index contributed by atoms with van der Waals surface area (Å²) in [6.07, 6.45) is 14.1. The van der Waals surface area contributed by atoms with E-state index < -0.39 is 0 Å². The number of amides is 2. The molecule has 5 atom stereocenters. The summed E-state index contributed by atoms with van der Waals surface area (Å²) in [4.78, 5) is 21.9. The number of hydrogen-bond donors (Lipinski definition) is 1. The molecule has 0 radical (unpaired) electrons. The largest absolute Gasteiger partial charge is 0.384 e. The van der Waals surface area contributed by atoms with Crippen LogP contribution in [0.1, 0.15) is 87.0 Å². The molecule has 0 aromatic carbocycles. The number of rotatable bonds is 7. The Morgan fingerprint density at radius 3 is 1.64 bits per heavy atom. The van der Waals surface area contributed by atoms with Gasteiger partial charge in [0, 0.05) is 50.9 Å². The van der Waals surface area contributed by atoms with Crippen LogP contribution in [-0.2, 0) is 42.7 Å². The maximum absolute atomic E-state index is 10.4. The van der Waals surface area contributed by atoms with E-state index in [0.29, 0.717) is 35.2 Å². The van der Waals surface area contributed by atoms with Crippen LogP contribution < -0.4 is 0 Å². The number of nitrogens with zero attached hydrogens (tertiary/aromatic N) is 1. The predicted octanol–water partition coefficient (Wildman–Crippen LogP) is 5.76. The number of methoxy groups -OCH3 is 2. The third-order valence-electron chi connectivity index (χ3n) is 9.22. The number of imide groups is 1. The monoisotopic (exact) mass is 689 g/mol. The summed E-state index contributed by atoms with van der Waals surface area (Å²) < 4.78 is 35.6. The van der Waals surface area contributed by atoms with Crippen LogP contribution in [0.25, 0.3) is 0 Å². The Hall–Kier alpha value is -1.05. The molecule has 7 aliphatic rings. The number of hydrogen-bond acceptors (Lipinski definition) is 10. The maximum Gasteiger partial charge on any atom is 0.253 e. The molecule has 11 heteroatoms. The van der Waals surface area contributed by atoms with Gasteiger partial charge in [0.15, 0.2) is 0 Å².